The summed E-state index contributed by atoms with van der Waals surface area (Å²) >= 11 is 0. The van der Waals surface area contributed by atoms with Gasteiger partial charge in [-0.15, -0.1) is 0 Å². The molecular formula is C49H87N3O8. The van der Waals surface area contributed by atoms with E-state index in [1.807, 2.05) is 30.3 Å². The van der Waals surface area contributed by atoms with E-state index in [1.165, 1.54) is 129 Å². The van der Waals surface area contributed by atoms with Crippen molar-refractivity contribution in [2.24, 2.45) is 0 Å². The van der Waals surface area contributed by atoms with Gasteiger partial charge in [0.15, 0.2) is 6.23 Å². The lowest BCUT2D eigenvalue weighted by molar-refractivity contribution is -0.231. The molecule has 60 heavy (non-hydrogen) atoms. The van der Waals surface area contributed by atoms with Crippen LogP contribution in [-0.4, -0.2) is 87.9 Å². The lowest BCUT2D eigenvalue weighted by atomic mass is 9.94. The van der Waals surface area contributed by atoms with Crippen LogP contribution in [0.1, 0.15) is 206 Å². The Kier molecular flexibility index (Phi) is 31.0. The average molecular weight is 846 g/mol. The maximum atomic E-state index is 14.0. The van der Waals surface area contributed by atoms with E-state index in [1.54, 1.807) is 4.90 Å². The zero-order chi connectivity index (χ0) is 43.6. The topological polar surface area (TPSA) is 158 Å². The molecule has 0 saturated carbocycles. The van der Waals surface area contributed by atoms with Gasteiger partial charge < -0.3 is 40.3 Å². The van der Waals surface area contributed by atoms with Crippen molar-refractivity contribution in [2.75, 3.05) is 13.2 Å². The van der Waals surface area contributed by atoms with Crippen LogP contribution in [-0.2, 0) is 25.7 Å². The van der Waals surface area contributed by atoms with Gasteiger partial charge in [0.05, 0.1) is 6.61 Å². The van der Waals surface area contributed by atoms with E-state index in [4.69, 9.17) is 9.47 Å². The third kappa shape index (κ3) is 23.5. The molecule has 0 radical (unpaired) electrons. The fourth-order valence-corrected chi connectivity index (χ4v) is 8.12. The summed E-state index contributed by atoms with van der Waals surface area (Å²) in [7, 11) is 0. The molecule has 0 unspecified atom stereocenters. The number of hydrogen-bond donors (Lipinski definition) is 5. The second kappa shape index (κ2) is 34.8. The van der Waals surface area contributed by atoms with Crippen LogP contribution in [0.15, 0.2) is 30.3 Å². The lowest BCUT2D eigenvalue weighted by Crippen LogP contribution is -2.69. The van der Waals surface area contributed by atoms with Crippen LogP contribution >= 0.6 is 0 Å². The Balaban J connectivity index is 1.96. The maximum Gasteiger partial charge on any atom is 0.408 e. The third-order valence-corrected chi connectivity index (χ3v) is 12.0. The predicted octanol–water partition coefficient (Wildman–Crippen LogP) is 10.0. The highest BCUT2D eigenvalue weighted by Gasteiger charge is 2.48. The molecule has 1 aromatic rings. The SMILES string of the molecule is CCCCCCCCCCCCCCCCCC(=O)N(CCCCCCCCCCCCCC)[C@@H]1O[C@H](CO)[C@@H](O)[C@H](O)[C@H]1NC(=O)[C@H](C)NC(=O)OCc1ccccc1. The molecule has 1 saturated heterocycles. The van der Waals surface area contributed by atoms with Gasteiger partial charge in [0.1, 0.15) is 37.0 Å². The number of rotatable bonds is 36. The number of carbonyl (C=O) groups excluding carboxylic acids is 3. The van der Waals surface area contributed by atoms with Gasteiger partial charge in [-0.2, -0.15) is 0 Å². The summed E-state index contributed by atoms with van der Waals surface area (Å²) in [5.41, 5.74) is 0.796. The summed E-state index contributed by atoms with van der Waals surface area (Å²) in [5, 5.41) is 37.6. The summed E-state index contributed by atoms with van der Waals surface area (Å²) in [6.07, 6.45) is 26.7. The summed E-state index contributed by atoms with van der Waals surface area (Å²) < 4.78 is 11.5. The normalized spacial score (nSPS) is 19.5. The number of ether oxygens (including phenoxy) is 2. The molecule has 11 nitrogen and oxygen atoms in total. The molecule has 1 aromatic carbocycles. The van der Waals surface area contributed by atoms with Crippen LogP contribution in [0, 0.1) is 0 Å². The van der Waals surface area contributed by atoms with Crippen molar-refractivity contribution in [2.45, 2.75) is 244 Å². The van der Waals surface area contributed by atoms with Crippen molar-refractivity contribution >= 4 is 17.9 Å². The first-order valence-electron chi connectivity index (χ1n) is 24.4. The minimum atomic E-state index is -1.54. The highest BCUT2D eigenvalue weighted by molar-refractivity contribution is 5.85. The molecule has 5 N–H and O–H groups in total. The Hall–Kier alpha value is -2.73. The van der Waals surface area contributed by atoms with E-state index in [0.29, 0.717) is 13.0 Å². The van der Waals surface area contributed by atoms with Gasteiger partial charge in [-0.05, 0) is 25.3 Å². The quantitative estimate of drug-likeness (QED) is 0.0418. The smallest absolute Gasteiger partial charge is 0.408 e. The van der Waals surface area contributed by atoms with Crippen molar-refractivity contribution in [3.05, 3.63) is 35.9 Å². The number of alkyl carbamates (subject to hydrolysis) is 1. The molecule has 6 atom stereocenters. The zero-order valence-corrected chi connectivity index (χ0v) is 38.1. The summed E-state index contributed by atoms with van der Waals surface area (Å²) in [6, 6.07) is 6.91. The highest BCUT2D eigenvalue weighted by Crippen LogP contribution is 2.26. The van der Waals surface area contributed by atoms with Crippen molar-refractivity contribution in [1.82, 2.24) is 15.5 Å². The van der Waals surface area contributed by atoms with Crippen LogP contribution in [0.4, 0.5) is 4.79 Å². The van der Waals surface area contributed by atoms with Crippen LogP contribution in [0.5, 0.6) is 0 Å². The van der Waals surface area contributed by atoms with E-state index in [9.17, 15) is 29.7 Å². The number of nitrogens with one attached hydrogen (secondary N) is 2. The molecule has 0 spiro atoms. The second-order valence-electron chi connectivity index (χ2n) is 17.4. The zero-order valence-electron chi connectivity index (χ0n) is 38.1. The largest absolute Gasteiger partial charge is 0.445 e. The Bertz CT molecular complexity index is 1220. The van der Waals surface area contributed by atoms with Crippen LogP contribution in [0.3, 0.4) is 0 Å². The maximum absolute atomic E-state index is 14.0. The van der Waals surface area contributed by atoms with E-state index < -0.39 is 55.2 Å². The number of benzene rings is 1. The van der Waals surface area contributed by atoms with Gasteiger partial charge in [-0.25, -0.2) is 4.79 Å². The Labute approximate surface area is 364 Å². The molecule has 11 heteroatoms. The molecule has 0 bridgehead atoms. The number of nitrogens with zero attached hydrogens (tertiary/aromatic N) is 1. The van der Waals surface area contributed by atoms with Gasteiger partial charge in [-0.1, -0.05) is 205 Å². The highest BCUT2D eigenvalue weighted by atomic mass is 16.6. The minimum absolute atomic E-state index is 0.0303. The number of amides is 3. The summed E-state index contributed by atoms with van der Waals surface area (Å²) in [4.78, 5) is 41.7. The van der Waals surface area contributed by atoms with E-state index in [0.717, 1.165) is 56.9 Å². The molecule has 0 aliphatic carbocycles. The Morgan fingerprint density at radius 2 is 1.12 bits per heavy atom. The third-order valence-electron chi connectivity index (χ3n) is 12.0. The van der Waals surface area contributed by atoms with Gasteiger partial charge >= 0.3 is 6.09 Å². The Morgan fingerprint density at radius 1 is 0.667 bits per heavy atom. The monoisotopic (exact) mass is 846 g/mol. The predicted molar refractivity (Wildman–Crippen MR) is 241 cm³/mol. The van der Waals surface area contributed by atoms with Gasteiger partial charge in [0.25, 0.3) is 0 Å². The minimum Gasteiger partial charge on any atom is -0.445 e. The molecule has 3 amide bonds. The first kappa shape index (κ1) is 53.4. The van der Waals surface area contributed by atoms with Crippen molar-refractivity contribution in [1.29, 1.82) is 0 Å². The number of aliphatic hydroxyl groups excluding tert-OH is 3. The molecular weight excluding hydrogens is 759 g/mol. The van der Waals surface area contributed by atoms with E-state index >= 15 is 0 Å². The lowest BCUT2D eigenvalue weighted by Gasteiger charge is -2.47. The van der Waals surface area contributed by atoms with Gasteiger partial charge in [0.2, 0.25) is 11.8 Å². The molecule has 2 rings (SSSR count). The number of aliphatic hydroxyl groups is 3. The first-order valence-corrected chi connectivity index (χ1v) is 24.4. The number of hydrogen-bond acceptors (Lipinski definition) is 8. The second-order valence-corrected chi connectivity index (χ2v) is 17.4. The average Bonchev–Trinajstić information content (AvgIpc) is 3.25. The van der Waals surface area contributed by atoms with Crippen LogP contribution in [0.25, 0.3) is 0 Å². The summed E-state index contributed by atoms with van der Waals surface area (Å²) in [6.45, 7) is 5.80. The van der Waals surface area contributed by atoms with Gasteiger partial charge in [-0.3, -0.25) is 9.59 Å². The van der Waals surface area contributed by atoms with Gasteiger partial charge in [0, 0.05) is 13.0 Å². The standard InChI is InChI=1S/C49H87N3O8/c1-4-6-8-10-12-14-16-18-19-20-21-23-25-27-32-36-43(54)52(37-33-28-26-24-22-17-15-13-11-9-7-5-2)48-44(46(56)45(55)42(38-53)60-48)51-47(57)40(3)50-49(58)59-39-41-34-30-29-31-35-41/h29-31,34-35,40,42,44-46,48,53,55-56H,4-28,32-33,36-39H2,1-3H3,(H,50,58)(H,51,57)/t40-,42+,44+,45+,46+,48+/m0/s1. The molecule has 1 aliphatic rings. The van der Waals surface area contributed by atoms with Crippen LogP contribution < -0.4 is 10.6 Å². The molecule has 1 fully saturated rings. The summed E-state index contributed by atoms with van der Waals surface area (Å²) in [5.74, 6) is -0.785. The molecule has 0 aromatic heterocycles. The number of carbonyl (C=O) groups is 3. The fraction of sp³-hybridized carbons (Fsp3) is 0.816. The van der Waals surface area contributed by atoms with E-state index in [-0.39, 0.29) is 12.5 Å². The molecule has 1 aliphatic heterocycles. The number of unbranched alkanes of at least 4 members (excludes halogenated alkanes) is 25. The van der Waals surface area contributed by atoms with Crippen molar-refractivity contribution in [3.63, 3.8) is 0 Å². The molecule has 1 heterocycles. The van der Waals surface area contributed by atoms with E-state index in [2.05, 4.69) is 24.5 Å². The van der Waals surface area contributed by atoms with Crippen molar-refractivity contribution in [3.8, 4) is 0 Å². The van der Waals surface area contributed by atoms with Crippen molar-refractivity contribution < 1.29 is 39.2 Å². The molecule has 346 valence electrons. The fourth-order valence-electron chi connectivity index (χ4n) is 8.12. The van der Waals surface area contributed by atoms with Crippen LogP contribution in [0.2, 0.25) is 0 Å². The Morgan fingerprint density at radius 3 is 1.58 bits per heavy atom. The first-order chi connectivity index (χ1) is 29.2.